The summed E-state index contributed by atoms with van der Waals surface area (Å²) >= 11 is 3.48. The van der Waals surface area contributed by atoms with Gasteiger partial charge in [0.2, 0.25) is 0 Å². The van der Waals surface area contributed by atoms with Gasteiger partial charge < -0.3 is 10.5 Å². The second-order valence-electron chi connectivity index (χ2n) is 4.49. The van der Waals surface area contributed by atoms with Crippen molar-refractivity contribution in [2.24, 2.45) is 5.73 Å². The zero-order valence-electron chi connectivity index (χ0n) is 10.5. The number of nitrogens with two attached hydrogens (primary N) is 1. The molecule has 0 aliphatic rings. The van der Waals surface area contributed by atoms with E-state index in [1.807, 2.05) is 0 Å². The minimum atomic E-state index is 0.0909. The highest BCUT2D eigenvalue weighted by atomic mass is 79.9. The average Bonchev–Trinajstić information content (AvgIpc) is 2.38. The van der Waals surface area contributed by atoms with Gasteiger partial charge in [-0.1, -0.05) is 34.1 Å². The third kappa shape index (κ3) is 3.31. The lowest BCUT2D eigenvalue weighted by Gasteiger charge is -2.12. The zero-order valence-corrected chi connectivity index (χ0v) is 12.1. The Kier molecular flexibility index (Phi) is 4.75. The smallest absolute Gasteiger partial charge is 0.0462 e. The number of methoxy groups -OCH3 is 1. The van der Waals surface area contributed by atoms with Crippen molar-refractivity contribution < 1.29 is 4.74 Å². The first-order valence-electron chi connectivity index (χ1n) is 6.14. The van der Waals surface area contributed by atoms with E-state index in [9.17, 15) is 0 Å². The molecule has 2 nitrogen and oxygen atoms in total. The minimum Gasteiger partial charge on any atom is -0.385 e. The van der Waals surface area contributed by atoms with Gasteiger partial charge in [-0.15, -0.1) is 0 Å². The fourth-order valence-corrected chi connectivity index (χ4v) is 2.46. The molecule has 0 saturated carbocycles. The van der Waals surface area contributed by atoms with E-state index < -0.39 is 0 Å². The van der Waals surface area contributed by atoms with Crippen LogP contribution in [0.1, 0.15) is 24.4 Å². The van der Waals surface area contributed by atoms with Crippen LogP contribution in [-0.4, -0.2) is 13.7 Å². The molecule has 0 spiro atoms. The van der Waals surface area contributed by atoms with Crippen LogP contribution in [0.3, 0.4) is 0 Å². The lowest BCUT2D eigenvalue weighted by Crippen LogP contribution is -2.11. The third-order valence-corrected chi connectivity index (χ3v) is 3.61. The van der Waals surface area contributed by atoms with Crippen LogP contribution in [0.5, 0.6) is 0 Å². The van der Waals surface area contributed by atoms with E-state index >= 15 is 0 Å². The molecule has 18 heavy (non-hydrogen) atoms. The number of hydrogen-bond acceptors (Lipinski definition) is 2. The summed E-state index contributed by atoms with van der Waals surface area (Å²) in [4.78, 5) is 0. The van der Waals surface area contributed by atoms with Crippen molar-refractivity contribution in [1.29, 1.82) is 0 Å². The Morgan fingerprint density at radius 1 is 1.17 bits per heavy atom. The molecule has 3 heteroatoms. The summed E-state index contributed by atoms with van der Waals surface area (Å²) in [6.07, 6.45) is 1.95. The van der Waals surface area contributed by atoms with Crippen LogP contribution in [0.2, 0.25) is 0 Å². The van der Waals surface area contributed by atoms with Crippen molar-refractivity contribution in [1.82, 2.24) is 0 Å². The maximum Gasteiger partial charge on any atom is 0.0462 e. The van der Waals surface area contributed by atoms with Gasteiger partial charge >= 0.3 is 0 Å². The summed E-state index contributed by atoms with van der Waals surface area (Å²) < 4.78 is 6.15. The lowest BCUT2D eigenvalue weighted by atomic mass is 9.99. The molecule has 0 radical (unpaired) electrons. The highest BCUT2D eigenvalue weighted by Crippen LogP contribution is 2.24. The maximum atomic E-state index is 6.19. The normalized spacial score (nSPS) is 12.8. The van der Waals surface area contributed by atoms with Gasteiger partial charge in [-0.3, -0.25) is 0 Å². The second-order valence-corrected chi connectivity index (χ2v) is 5.41. The zero-order chi connectivity index (χ0) is 13.0. The molecule has 1 unspecified atom stereocenters. The molecular weight excluding hydrogens is 290 g/mol. The Morgan fingerprint density at radius 3 is 2.67 bits per heavy atom. The number of rotatable bonds is 5. The van der Waals surface area contributed by atoms with Crippen molar-refractivity contribution in [3.05, 3.63) is 46.4 Å². The van der Waals surface area contributed by atoms with Crippen molar-refractivity contribution in [3.63, 3.8) is 0 Å². The Balaban J connectivity index is 2.16. The summed E-state index contributed by atoms with van der Waals surface area (Å²) in [6.45, 7) is 0.772. The van der Waals surface area contributed by atoms with Crippen LogP contribution in [0.4, 0.5) is 0 Å². The standard InChI is InChI=1S/C15H18BrNO/c1-18-8-2-3-15(17)13-5-4-12-10-14(16)7-6-11(12)9-13/h4-7,9-10,15H,2-3,8,17H2,1H3. The van der Waals surface area contributed by atoms with E-state index in [0.717, 1.165) is 23.9 Å². The average molecular weight is 308 g/mol. The number of ether oxygens (including phenoxy) is 1. The number of halogens is 1. The Bertz CT molecular complexity index is 527. The van der Waals surface area contributed by atoms with Gasteiger partial charge in [0.25, 0.3) is 0 Å². The molecule has 0 saturated heterocycles. The predicted molar refractivity (Wildman–Crippen MR) is 79.7 cm³/mol. The van der Waals surface area contributed by atoms with Crippen LogP contribution < -0.4 is 5.73 Å². The first-order chi connectivity index (χ1) is 8.70. The number of fused-ring (bicyclic) bond motifs is 1. The highest BCUT2D eigenvalue weighted by Gasteiger charge is 2.06. The molecule has 2 aromatic carbocycles. The number of benzene rings is 2. The molecule has 2 rings (SSSR count). The largest absolute Gasteiger partial charge is 0.385 e. The van der Waals surface area contributed by atoms with Gasteiger partial charge in [0.05, 0.1) is 0 Å². The van der Waals surface area contributed by atoms with E-state index in [1.54, 1.807) is 7.11 Å². The van der Waals surface area contributed by atoms with Gasteiger partial charge in [-0.05, 0) is 47.4 Å². The van der Waals surface area contributed by atoms with Crippen molar-refractivity contribution >= 4 is 26.7 Å². The first-order valence-corrected chi connectivity index (χ1v) is 6.94. The van der Waals surface area contributed by atoms with E-state index in [2.05, 4.69) is 52.3 Å². The van der Waals surface area contributed by atoms with Crippen molar-refractivity contribution in [2.75, 3.05) is 13.7 Å². The molecule has 0 aliphatic heterocycles. The monoisotopic (exact) mass is 307 g/mol. The molecule has 2 aromatic rings. The Hall–Kier alpha value is -0.900. The lowest BCUT2D eigenvalue weighted by molar-refractivity contribution is 0.190. The Labute approximate surface area is 116 Å². The molecule has 96 valence electrons. The quantitative estimate of drug-likeness (QED) is 0.846. The summed E-state index contributed by atoms with van der Waals surface area (Å²) in [5, 5.41) is 2.47. The minimum absolute atomic E-state index is 0.0909. The molecule has 0 aromatic heterocycles. The van der Waals surface area contributed by atoms with Crippen LogP contribution in [0.15, 0.2) is 40.9 Å². The predicted octanol–water partition coefficient (Wildman–Crippen LogP) is 4.03. The van der Waals surface area contributed by atoms with Crippen LogP contribution in [0.25, 0.3) is 10.8 Å². The molecule has 0 amide bonds. The molecule has 0 heterocycles. The molecule has 0 bridgehead atoms. The van der Waals surface area contributed by atoms with Gasteiger partial charge in [0, 0.05) is 24.2 Å². The SMILES string of the molecule is COCCCC(N)c1ccc2cc(Br)ccc2c1. The van der Waals surface area contributed by atoms with Gasteiger partial charge in [0.1, 0.15) is 0 Å². The summed E-state index contributed by atoms with van der Waals surface area (Å²) in [7, 11) is 1.72. The van der Waals surface area contributed by atoms with E-state index in [1.165, 1.54) is 16.3 Å². The van der Waals surface area contributed by atoms with E-state index in [0.29, 0.717) is 0 Å². The van der Waals surface area contributed by atoms with Crippen LogP contribution in [0, 0.1) is 0 Å². The molecule has 0 aliphatic carbocycles. The van der Waals surface area contributed by atoms with Gasteiger partial charge in [-0.25, -0.2) is 0 Å². The van der Waals surface area contributed by atoms with Gasteiger partial charge in [0.15, 0.2) is 0 Å². The molecular formula is C15H18BrNO. The Morgan fingerprint density at radius 2 is 1.89 bits per heavy atom. The number of hydrogen-bond donors (Lipinski definition) is 1. The summed E-state index contributed by atoms with van der Waals surface area (Å²) in [5.74, 6) is 0. The molecule has 0 fully saturated rings. The second kappa shape index (κ2) is 6.32. The maximum absolute atomic E-state index is 6.19. The van der Waals surface area contributed by atoms with Crippen molar-refractivity contribution in [2.45, 2.75) is 18.9 Å². The first kappa shape index (κ1) is 13.5. The van der Waals surface area contributed by atoms with Gasteiger partial charge in [-0.2, -0.15) is 0 Å². The van der Waals surface area contributed by atoms with Crippen LogP contribution in [-0.2, 0) is 4.74 Å². The third-order valence-electron chi connectivity index (χ3n) is 3.12. The van der Waals surface area contributed by atoms with Crippen LogP contribution >= 0.6 is 15.9 Å². The van der Waals surface area contributed by atoms with E-state index in [4.69, 9.17) is 10.5 Å². The summed E-state index contributed by atoms with van der Waals surface area (Å²) in [5.41, 5.74) is 7.39. The molecule has 2 N–H and O–H groups in total. The summed E-state index contributed by atoms with van der Waals surface area (Å²) in [6, 6.07) is 12.8. The fourth-order valence-electron chi connectivity index (χ4n) is 2.08. The van der Waals surface area contributed by atoms with Crippen molar-refractivity contribution in [3.8, 4) is 0 Å². The highest BCUT2D eigenvalue weighted by molar-refractivity contribution is 9.10. The topological polar surface area (TPSA) is 35.2 Å². The van der Waals surface area contributed by atoms with E-state index in [-0.39, 0.29) is 6.04 Å². The molecule has 1 atom stereocenters. The fraction of sp³-hybridized carbons (Fsp3) is 0.333.